The van der Waals surface area contributed by atoms with E-state index in [4.69, 9.17) is 24.7 Å². The van der Waals surface area contributed by atoms with Gasteiger partial charge < -0.3 is 51.1 Å². The van der Waals surface area contributed by atoms with Gasteiger partial charge in [-0.15, -0.1) is 11.3 Å². The van der Waals surface area contributed by atoms with E-state index in [1.165, 1.54) is 10.5 Å². The summed E-state index contributed by atoms with van der Waals surface area (Å²) in [6.07, 6.45) is 1.82. The molecule has 1 aliphatic rings. The average Bonchev–Trinajstić information content (AvgIpc) is 3.84. The molecular weight excluding hydrogens is 789 g/mol. The molecule has 60 heavy (non-hydrogen) atoms. The van der Waals surface area contributed by atoms with Gasteiger partial charge in [0.15, 0.2) is 0 Å². The smallest absolute Gasteiger partial charge is 0.246 e. The Kier molecular flexibility index (Phi) is 19.5. The van der Waals surface area contributed by atoms with Gasteiger partial charge in [-0.1, -0.05) is 69.3 Å². The zero-order valence-corrected chi connectivity index (χ0v) is 36.6. The lowest BCUT2D eigenvalue weighted by Gasteiger charge is -2.35. The fraction of sp³-hybridized carbons (Fsp3) is 0.568. The number of aliphatic hydroxyl groups is 1. The van der Waals surface area contributed by atoms with Gasteiger partial charge in [-0.05, 0) is 54.4 Å². The predicted octanol–water partition coefficient (Wildman–Crippen LogP) is 2.69. The molecule has 330 valence electrons. The summed E-state index contributed by atoms with van der Waals surface area (Å²) in [4.78, 5) is 57.9. The summed E-state index contributed by atoms with van der Waals surface area (Å²) in [6, 6.07) is 14.3. The Hall–Kier alpha value is -4.29. The summed E-state index contributed by atoms with van der Waals surface area (Å²) in [5.74, 6) is -1.60. The minimum atomic E-state index is -0.951. The highest BCUT2D eigenvalue weighted by Crippen LogP contribution is 2.28. The van der Waals surface area contributed by atoms with E-state index in [-0.39, 0.29) is 63.3 Å². The normalized spacial score (nSPS) is 16.9. The molecule has 8 N–H and O–H groups in total. The Morgan fingerprint density at radius 3 is 2.23 bits per heavy atom. The van der Waals surface area contributed by atoms with Crippen LogP contribution < -0.4 is 22.1 Å². The van der Waals surface area contributed by atoms with Crippen molar-refractivity contribution in [3.8, 4) is 10.4 Å². The third kappa shape index (κ3) is 16.0. The van der Waals surface area contributed by atoms with Gasteiger partial charge in [-0.25, -0.2) is 4.98 Å². The van der Waals surface area contributed by atoms with E-state index >= 15 is 0 Å². The Morgan fingerprint density at radius 2 is 1.60 bits per heavy atom. The van der Waals surface area contributed by atoms with E-state index in [1.807, 2.05) is 64.4 Å². The maximum atomic E-state index is 13.9. The van der Waals surface area contributed by atoms with Gasteiger partial charge >= 0.3 is 0 Å². The number of ether oxygens (including phenoxy) is 4. The third-order valence-corrected chi connectivity index (χ3v) is 11.4. The zero-order valence-electron chi connectivity index (χ0n) is 35.8. The molecule has 3 aromatic rings. The molecule has 1 fully saturated rings. The highest BCUT2D eigenvalue weighted by molar-refractivity contribution is 7.13. The number of primary amides is 1. The molecule has 16 heteroatoms. The molecule has 15 nitrogen and oxygen atoms in total. The number of carbonyl (C=O) groups excluding carboxylic acids is 4. The van der Waals surface area contributed by atoms with Gasteiger partial charge in [-0.2, -0.15) is 0 Å². The van der Waals surface area contributed by atoms with E-state index in [9.17, 15) is 24.3 Å². The Bertz CT molecular complexity index is 1800. The first-order chi connectivity index (χ1) is 28.6. The minimum Gasteiger partial charge on any atom is -0.391 e. The molecule has 0 saturated carbocycles. The molecule has 1 aromatic heterocycles. The molecule has 0 bridgehead atoms. The first-order valence-corrected chi connectivity index (χ1v) is 21.6. The number of quaternary nitrogens is 1. The molecular formula is C44H65N6O9S+. The van der Waals surface area contributed by atoms with Crippen molar-refractivity contribution < 1.29 is 49.0 Å². The molecule has 1 unspecified atom stereocenters. The number of likely N-dealkylation sites (tertiary alicyclic amines) is 1. The lowest BCUT2D eigenvalue weighted by Crippen LogP contribution is -2.66. The number of hydrogen-bond acceptors (Lipinski definition) is 11. The monoisotopic (exact) mass is 853 g/mol. The predicted molar refractivity (Wildman–Crippen MR) is 228 cm³/mol. The second kappa shape index (κ2) is 24.2. The second-order valence-corrected chi connectivity index (χ2v) is 17.3. The molecule has 0 aliphatic carbocycles. The number of amides is 4. The molecule has 1 saturated heterocycles. The van der Waals surface area contributed by atoms with Crippen molar-refractivity contribution in [1.29, 1.82) is 0 Å². The number of thiazole rings is 1. The van der Waals surface area contributed by atoms with Crippen molar-refractivity contribution in [2.75, 3.05) is 46.2 Å². The van der Waals surface area contributed by atoms with Crippen LogP contribution in [0.3, 0.4) is 0 Å². The summed E-state index contributed by atoms with van der Waals surface area (Å²) in [7, 11) is 0. The number of rotatable bonds is 25. The lowest BCUT2D eigenvalue weighted by atomic mass is 9.85. The highest BCUT2D eigenvalue weighted by atomic mass is 32.1. The van der Waals surface area contributed by atoms with Crippen molar-refractivity contribution in [3.63, 3.8) is 0 Å². The van der Waals surface area contributed by atoms with Crippen LogP contribution in [0, 0.1) is 12.3 Å². The maximum absolute atomic E-state index is 13.9. The van der Waals surface area contributed by atoms with Gasteiger partial charge in [0.05, 0.1) is 55.2 Å². The van der Waals surface area contributed by atoms with Crippen LogP contribution in [0.25, 0.3) is 10.4 Å². The first kappa shape index (κ1) is 48.4. The SMILES string of the molecule is Cc1ncsc1-c1ccc(CNC(=O)[C@@H]2C[C@@H](O)CN2C(=O)[C@@H](NC(=O)COCCOCCOCCCc2ccc(CO[C@H](C)C([NH3+])CCC(N)=O)cc2)C(C)(C)C)cc1. The van der Waals surface area contributed by atoms with E-state index in [2.05, 4.69) is 45.6 Å². The number of benzene rings is 2. The molecule has 0 spiro atoms. The van der Waals surface area contributed by atoms with Crippen LogP contribution in [0.1, 0.15) is 75.8 Å². The molecule has 4 rings (SSSR count). The summed E-state index contributed by atoms with van der Waals surface area (Å²) < 4.78 is 22.7. The van der Waals surface area contributed by atoms with Crippen LogP contribution in [0.2, 0.25) is 0 Å². The van der Waals surface area contributed by atoms with Crippen molar-refractivity contribution in [2.45, 2.75) is 110 Å². The molecule has 2 heterocycles. The Labute approximate surface area is 357 Å². The van der Waals surface area contributed by atoms with Crippen molar-refractivity contribution in [2.24, 2.45) is 11.1 Å². The van der Waals surface area contributed by atoms with Crippen LogP contribution >= 0.6 is 11.3 Å². The number of nitrogens with two attached hydrogens (primary N) is 1. The quantitative estimate of drug-likeness (QED) is 0.0785. The molecule has 0 radical (unpaired) electrons. The van der Waals surface area contributed by atoms with Crippen LogP contribution in [0.5, 0.6) is 0 Å². The molecule has 5 atom stereocenters. The van der Waals surface area contributed by atoms with Gasteiger partial charge in [0.1, 0.15) is 30.8 Å². The van der Waals surface area contributed by atoms with Crippen LogP contribution in [0.15, 0.2) is 54.0 Å². The number of aryl methyl sites for hydroxylation is 2. The molecule has 4 amide bonds. The largest absolute Gasteiger partial charge is 0.391 e. The highest BCUT2D eigenvalue weighted by Gasteiger charge is 2.44. The first-order valence-electron chi connectivity index (χ1n) is 20.7. The van der Waals surface area contributed by atoms with Crippen molar-refractivity contribution in [1.82, 2.24) is 20.5 Å². The summed E-state index contributed by atoms with van der Waals surface area (Å²) in [5, 5.41) is 16.2. The van der Waals surface area contributed by atoms with Gasteiger partial charge in [0.25, 0.3) is 0 Å². The fourth-order valence-electron chi connectivity index (χ4n) is 6.69. The van der Waals surface area contributed by atoms with Crippen LogP contribution in [-0.2, 0) is 57.7 Å². The summed E-state index contributed by atoms with van der Waals surface area (Å²) in [6.45, 7) is 11.8. The number of carbonyl (C=O) groups is 4. The zero-order chi connectivity index (χ0) is 43.7. The Morgan fingerprint density at radius 1 is 0.967 bits per heavy atom. The van der Waals surface area contributed by atoms with E-state index in [0.29, 0.717) is 39.3 Å². The topological polar surface area (TPSA) is 219 Å². The summed E-state index contributed by atoms with van der Waals surface area (Å²) >= 11 is 1.57. The average molecular weight is 854 g/mol. The lowest BCUT2D eigenvalue weighted by molar-refractivity contribution is -0.440. The minimum absolute atomic E-state index is 0.00103. The van der Waals surface area contributed by atoms with E-state index < -0.39 is 35.4 Å². The number of β-amino-alcohol motifs (C(OH)–C–C–N with tert-alkyl or cyclic N) is 1. The number of aliphatic hydroxyl groups excluding tert-OH is 1. The number of nitrogens with one attached hydrogen (secondary N) is 2. The molecule has 1 aliphatic heterocycles. The fourth-order valence-corrected chi connectivity index (χ4v) is 7.51. The third-order valence-electron chi connectivity index (χ3n) is 10.4. The van der Waals surface area contributed by atoms with Crippen LogP contribution in [0.4, 0.5) is 0 Å². The summed E-state index contributed by atoms with van der Waals surface area (Å²) in [5.41, 5.74) is 15.6. The molecule has 2 aromatic carbocycles. The van der Waals surface area contributed by atoms with Gasteiger partial charge in [-0.3, -0.25) is 19.2 Å². The van der Waals surface area contributed by atoms with Crippen LogP contribution in [-0.4, -0.2) is 115 Å². The standard InChI is InChI=1S/C44H64N6O9S/c1-29-40(60-28-48-29)34-14-12-32(13-15-34)24-47-42(54)37-23-35(51)25-50(37)43(55)41(44(3,4)5)49-39(53)27-58-22-21-57-20-19-56-18-6-7-31-8-10-33(11-9-31)26-59-30(2)36(45)16-17-38(46)52/h8-15,28,30,35-37,41,51H,6-7,16-27,45H2,1-5H3,(H2,46,52)(H,47,54)(H,49,53)/p+1/t30-,35-,36?,37+,41-/m1/s1. The number of nitrogens with zero attached hydrogens (tertiary/aromatic N) is 2. The van der Waals surface area contributed by atoms with Gasteiger partial charge in [0.2, 0.25) is 23.6 Å². The maximum Gasteiger partial charge on any atom is 0.246 e. The van der Waals surface area contributed by atoms with E-state index in [0.717, 1.165) is 40.1 Å². The van der Waals surface area contributed by atoms with Crippen molar-refractivity contribution in [3.05, 3.63) is 76.4 Å². The van der Waals surface area contributed by atoms with Gasteiger partial charge in [0, 0.05) is 39.0 Å². The second-order valence-electron chi connectivity index (χ2n) is 16.4. The van der Waals surface area contributed by atoms with E-state index in [1.54, 1.807) is 11.3 Å². The number of aromatic nitrogens is 1. The Balaban J connectivity index is 1.08. The van der Waals surface area contributed by atoms with Crippen molar-refractivity contribution >= 4 is 35.0 Å². The number of hydrogen-bond donors (Lipinski definition) is 5.